The van der Waals surface area contributed by atoms with Crippen LogP contribution in [0.3, 0.4) is 0 Å². The Kier molecular flexibility index (Phi) is 4.24. The molecular formula is C14H20N4O4S. The molecule has 2 aromatic heterocycles. The van der Waals surface area contributed by atoms with Gasteiger partial charge in [0.25, 0.3) is 0 Å². The van der Waals surface area contributed by atoms with E-state index in [2.05, 4.69) is 15.3 Å². The average molecular weight is 340 g/mol. The van der Waals surface area contributed by atoms with Crippen LogP contribution in [0.1, 0.15) is 48.9 Å². The van der Waals surface area contributed by atoms with E-state index in [0.29, 0.717) is 42.7 Å². The van der Waals surface area contributed by atoms with Crippen LogP contribution in [0.5, 0.6) is 0 Å². The molecule has 2 aromatic rings. The summed E-state index contributed by atoms with van der Waals surface area (Å²) in [6.07, 6.45) is 2.27. The van der Waals surface area contributed by atoms with Crippen LogP contribution < -0.4 is 0 Å². The SMILES string of the molecule is CCc1noc([C@H]2CCCN(S(=O)(=O)c3c(C)noc3C)C2)n1. The Hall–Kier alpha value is -1.74. The first-order valence-electron chi connectivity index (χ1n) is 7.69. The molecule has 9 heteroatoms. The molecule has 23 heavy (non-hydrogen) atoms. The van der Waals surface area contributed by atoms with Crippen LogP contribution in [0.25, 0.3) is 0 Å². The third-order valence-electron chi connectivity index (χ3n) is 4.10. The number of piperidine rings is 1. The molecule has 1 saturated heterocycles. The van der Waals surface area contributed by atoms with Gasteiger partial charge in [0, 0.05) is 19.5 Å². The van der Waals surface area contributed by atoms with Crippen LogP contribution in [0.2, 0.25) is 0 Å². The summed E-state index contributed by atoms with van der Waals surface area (Å²) in [5.41, 5.74) is 0.385. The van der Waals surface area contributed by atoms with Gasteiger partial charge in [0.2, 0.25) is 15.9 Å². The quantitative estimate of drug-likeness (QED) is 0.836. The number of sulfonamides is 1. The van der Waals surface area contributed by atoms with E-state index < -0.39 is 10.0 Å². The van der Waals surface area contributed by atoms with Crippen molar-refractivity contribution in [1.82, 2.24) is 19.6 Å². The topological polar surface area (TPSA) is 102 Å². The minimum absolute atomic E-state index is 0.0770. The van der Waals surface area contributed by atoms with E-state index in [1.807, 2.05) is 6.92 Å². The first-order valence-corrected chi connectivity index (χ1v) is 9.13. The molecule has 0 unspecified atom stereocenters. The lowest BCUT2D eigenvalue weighted by Crippen LogP contribution is -2.39. The molecule has 126 valence electrons. The van der Waals surface area contributed by atoms with Gasteiger partial charge in [0.1, 0.15) is 10.6 Å². The van der Waals surface area contributed by atoms with Crippen LogP contribution in [0.15, 0.2) is 13.9 Å². The summed E-state index contributed by atoms with van der Waals surface area (Å²) in [6, 6.07) is 0. The summed E-state index contributed by atoms with van der Waals surface area (Å²) in [4.78, 5) is 4.50. The zero-order chi connectivity index (χ0) is 16.6. The van der Waals surface area contributed by atoms with Gasteiger partial charge in [0.15, 0.2) is 11.6 Å². The van der Waals surface area contributed by atoms with Crippen molar-refractivity contribution in [1.29, 1.82) is 0 Å². The van der Waals surface area contributed by atoms with Gasteiger partial charge in [-0.2, -0.15) is 9.29 Å². The van der Waals surface area contributed by atoms with Crippen molar-refractivity contribution in [2.45, 2.75) is 50.8 Å². The minimum Gasteiger partial charge on any atom is -0.360 e. The second-order valence-electron chi connectivity index (χ2n) is 5.76. The van der Waals surface area contributed by atoms with Gasteiger partial charge in [-0.15, -0.1) is 0 Å². The van der Waals surface area contributed by atoms with Crippen molar-refractivity contribution >= 4 is 10.0 Å². The molecule has 0 spiro atoms. The summed E-state index contributed by atoms with van der Waals surface area (Å²) in [7, 11) is -3.63. The minimum atomic E-state index is -3.63. The first-order chi connectivity index (χ1) is 10.9. The van der Waals surface area contributed by atoms with Crippen LogP contribution >= 0.6 is 0 Å². The maximum absolute atomic E-state index is 12.9. The Balaban J connectivity index is 1.86. The highest BCUT2D eigenvalue weighted by Crippen LogP contribution is 2.31. The molecule has 0 amide bonds. The number of hydrogen-bond acceptors (Lipinski definition) is 7. The number of nitrogens with zero attached hydrogens (tertiary/aromatic N) is 4. The maximum atomic E-state index is 12.9. The molecule has 1 fully saturated rings. The largest absolute Gasteiger partial charge is 0.360 e. The fourth-order valence-electron chi connectivity index (χ4n) is 2.91. The number of hydrogen-bond donors (Lipinski definition) is 0. The fourth-order valence-corrected chi connectivity index (χ4v) is 4.73. The van der Waals surface area contributed by atoms with E-state index in [1.54, 1.807) is 13.8 Å². The first kappa shape index (κ1) is 16.1. The molecule has 0 aliphatic carbocycles. The van der Waals surface area contributed by atoms with Gasteiger partial charge in [0.05, 0.1) is 5.92 Å². The molecule has 0 aromatic carbocycles. The standard InChI is InChI=1S/C14H20N4O4S/c1-4-12-15-14(22-17-12)11-6-5-7-18(8-11)23(19,20)13-9(2)16-21-10(13)3/h11H,4-8H2,1-3H3/t11-/m0/s1. The van der Waals surface area contributed by atoms with Crippen molar-refractivity contribution in [3.63, 3.8) is 0 Å². The molecule has 3 heterocycles. The Morgan fingerprint density at radius 2 is 2.04 bits per heavy atom. The lowest BCUT2D eigenvalue weighted by molar-refractivity contribution is 0.265. The van der Waals surface area contributed by atoms with Crippen molar-refractivity contribution in [3.8, 4) is 0 Å². The molecule has 3 rings (SSSR count). The van der Waals surface area contributed by atoms with E-state index >= 15 is 0 Å². The molecule has 0 saturated carbocycles. The third kappa shape index (κ3) is 2.90. The van der Waals surface area contributed by atoms with E-state index in [-0.39, 0.29) is 10.8 Å². The highest BCUT2D eigenvalue weighted by Gasteiger charge is 2.36. The fraction of sp³-hybridized carbons (Fsp3) is 0.643. The van der Waals surface area contributed by atoms with E-state index in [4.69, 9.17) is 9.05 Å². The molecule has 0 bridgehead atoms. The van der Waals surface area contributed by atoms with Gasteiger partial charge < -0.3 is 9.05 Å². The third-order valence-corrected chi connectivity index (χ3v) is 6.21. The van der Waals surface area contributed by atoms with Gasteiger partial charge in [-0.3, -0.25) is 0 Å². The van der Waals surface area contributed by atoms with Gasteiger partial charge >= 0.3 is 0 Å². The van der Waals surface area contributed by atoms with Crippen molar-refractivity contribution < 1.29 is 17.5 Å². The van der Waals surface area contributed by atoms with E-state index in [1.165, 1.54) is 4.31 Å². The number of rotatable bonds is 4. The van der Waals surface area contributed by atoms with Crippen molar-refractivity contribution in [2.75, 3.05) is 13.1 Å². The number of aryl methyl sites for hydroxylation is 3. The zero-order valence-corrected chi connectivity index (χ0v) is 14.3. The molecule has 0 radical (unpaired) electrons. The van der Waals surface area contributed by atoms with Crippen LogP contribution in [0.4, 0.5) is 0 Å². The predicted molar refractivity (Wildman–Crippen MR) is 80.4 cm³/mol. The molecule has 1 aliphatic heterocycles. The molecule has 8 nitrogen and oxygen atoms in total. The number of aromatic nitrogens is 3. The Labute approximate surface area is 134 Å². The molecular weight excluding hydrogens is 320 g/mol. The van der Waals surface area contributed by atoms with Crippen molar-refractivity contribution in [2.24, 2.45) is 0 Å². The summed E-state index contributed by atoms with van der Waals surface area (Å²) < 4.78 is 37.5. The summed E-state index contributed by atoms with van der Waals surface area (Å²) in [5, 5.41) is 7.64. The van der Waals surface area contributed by atoms with Gasteiger partial charge in [-0.05, 0) is 26.7 Å². The van der Waals surface area contributed by atoms with Gasteiger partial charge in [-0.1, -0.05) is 17.2 Å². The zero-order valence-electron chi connectivity index (χ0n) is 13.4. The van der Waals surface area contributed by atoms with Crippen LogP contribution in [-0.2, 0) is 16.4 Å². The molecule has 0 N–H and O–H groups in total. The normalized spacial score (nSPS) is 20.0. The van der Waals surface area contributed by atoms with Crippen LogP contribution in [0, 0.1) is 13.8 Å². The van der Waals surface area contributed by atoms with Crippen molar-refractivity contribution in [3.05, 3.63) is 23.2 Å². The maximum Gasteiger partial charge on any atom is 0.248 e. The van der Waals surface area contributed by atoms with Gasteiger partial charge in [-0.25, -0.2) is 8.42 Å². The highest BCUT2D eigenvalue weighted by molar-refractivity contribution is 7.89. The molecule has 1 aliphatic rings. The van der Waals surface area contributed by atoms with E-state index in [0.717, 1.165) is 12.8 Å². The monoisotopic (exact) mass is 340 g/mol. The Morgan fingerprint density at radius 1 is 1.26 bits per heavy atom. The predicted octanol–water partition coefficient (Wildman–Crippen LogP) is 1.81. The summed E-state index contributed by atoms with van der Waals surface area (Å²) in [6.45, 7) is 6.00. The Bertz CT molecular complexity index is 776. The van der Waals surface area contributed by atoms with E-state index in [9.17, 15) is 8.42 Å². The Morgan fingerprint density at radius 3 is 2.65 bits per heavy atom. The smallest absolute Gasteiger partial charge is 0.248 e. The second-order valence-corrected chi connectivity index (χ2v) is 7.63. The summed E-state index contributed by atoms with van der Waals surface area (Å²) >= 11 is 0. The molecule has 1 atom stereocenters. The lowest BCUT2D eigenvalue weighted by Gasteiger charge is -2.29. The van der Waals surface area contributed by atoms with Crippen LogP contribution in [-0.4, -0.2) is 41.1 Å². The average Bonchev–Trinajstić information content (AvgIpc) is 3.14. The highest BCUT2D eigenvalue weighted by atomic mass is 32.2. The second kappa shape index (κ2) is 6.04. The summed E-state index contributed by atoms with van der Waals surface area (Å²) in [5.74, 6) is 1.40. The lowest BCUT2D eigenvalue weighted by atomic mass is 10.00.